The average Bonchev–Trinajstić information content (AvgIpc) is 0.739. The van der Waals surface area contributed by atoms with Crippen molar-refractivity contribution in [1.82, 2.24) is 19.9 Å². The first-order chi connectivity index (χ1) is 66.6. The number of fused-ring (bicyclic) bond motifs is 12. The molecule has 26 aromatic carbocycles. The summed E-state index contributed by atoms with van der Waals surface area (Å²) >= 11 is 0. The maximum absolute atomic E-state index is 10.0. The Bertz CT molecular complexity index is 8570. The van der Waals surface area contributed by atoms with Gasteiger partial charge in [0.05, 0.1) is 28.8 Å². The van der Waals surface area contributed by atoms with E-state index in [0.717, 1.165) is 133 Å². The molecule has 0 bridgehead atoms. The monoisotopic (exact) mass is 1920 g/mol. The Kier molecular flexibility index (Phi) is 19.4. The van der Waals surface area contributed by atoms with Crippen molar-refractivity contribution in [3.05, 3.63) is 437 Å². The number of hydrogen-bond donors (Lipinski definition) is 0. The Morgan fingerprint density at radius 1 is 0.213 bits per heavy atom. The van der Waals surface area contributed by atoms with Gasteiger partial charge in [-0.2, -0.15) is 0 Å². The zero-order valence-electron chi connectivity index (χ0n) is 73.8. The molecule has 28 aromatic rings. The number of anilines is 12. The molecule has 2 heterocycles. The van der Waals surface area contributed by atoms with E-state index >= 15 is 0 Å². The maximum atomic E-state index is 10.0. The fourth-order valence-corrected chi connectivity index (χ4v) is 21.8. The van der Waals surface area contributed by atoms with Crippen LogP contribution in [0.1, 0.15) is 20.3 Å². The second-order valence-electron chi connectivity index (χ2n) is 35.3. The standard InChI is InChI=1S/2C60H35N4.C5H8O2.Ir/c2*1-3-17-43(18-4-1)63(53-33-41-15-7-11-37-23-25-39-13-9-21-49(53)57(39)55(37)41)45-27-29-47-51(35-45)52-36-46(28-30-48(52)60-59(47)61-31-32-62-60)64(44-19-5-2-6-20-44)54-34-42-16-8-12-38-24-26-40-14-10-22-50(54)58(40)56(38)42;1-4(6)3-5(2)7;/h2*1-29,31-36H;3H2,1-2H3;/q2*-1;;+3. The van der Waals surface area contributed by atoms with Crippen molar-refractivity contribution < 1.29 is 29.7 Å². The molecule has 0 saturated heterocycles. The van der Waals surface area contributed by atoms with E-state index in [1.807, 2.05) is 0 Å². The van der Waals surface area contributed by atoms with Gasteiger partial charge >= 0.3 is 20.1 Å². The molecule has 0 fully saturated rings. The van der Waals surface area contributed by atoms with E-state index in [0.29, 0.717) is 0 Å². The van der Waals surface area contributed by atoms with Gasteiger partial charge in [0.1, 0.15) is 11.6 Å². The summed E-state index contributed by atoms with van der Waals surface area (Å²) in [7, 11) is 0. The predicted octanol–water partition coefficient (Wildman–Crippen LogP) is 33.5. The Morgan fingerprint density at radius 3 is 0.728 bits per heavy atom. The number of carbonyl (C=O) groups excluding carboxylic acids is 2. The van der Waals surface area contributed by atoms with Crippen LogP contribution in [0.5, 0.6) is 0 Å². The third-order valence-electron chi connectivity index (χ3n) is 27.3. The van der Waals surface area contributed by atoms with E-state index < -0.39 is 0 Å². The molecular weight excluding hydrogens is 1840 g/mol. The van der Waals surface area contributed by atoms with Gasteiger partial charge in [-0.25, -0.2) is 0 Å². The van der Waals surface area contributed by atoms with Crippen LogP contribution in [-0.4, -0.2) is 31.5 Å². The van der Waals surface area contributed by atoms with Gasteiger partial charge in [0.15, 0.2) is 0 Å². The van der Waals surface area contributed by atoms with E-state index in [-0.39, 0.29) is 38.1 Å². The van der Waals surface area contributed by atoms with Crippen LogP contribution < -0.4 is 19.6 Å². The number of benzene rings is 26. The van der Waals surface area contributed by atoms with Crippen LogP contribution in [0.25, 0.3) is 194 Å². The first-order valence-electron chi connectivity index (χ1n) is 45.7. The third-order valence-corrected chi connectivity index (χ3v) is 27.3. The molecule has 11 heteroatoms. The molecule has 0 aliphatic heterocycles. The summed E-state index contributed by atoms with van der Waals surface area (Å²) in [6.45, 7) is 2.81. The zero-order chi connectivity index (χ0) is 89.6. The first-order valence-corrected chi connectivity index (χ1v) is 45.7. The molecule has 638 valence electrons. The molecular formula is C125H78IrN8O2+. The fraction of sp³-hybridized carbons (Fsp3) is 0.0240. The molecule has 0 aliphatic rings. The van der Waals surface area contributed by atoms with Crippen LogP contribution in [-0.2, 0) is 29.7 Å². The summed E-state index contributed by atoms with van der Waals surface area (Å²) in [6.07, 6.45) is 7.25. The van der Waals surface area contributed by atoms with Gasteiger partial charge < -0.3 is 29.6 Å². The van der Waals surface area contributed by atoms with Gasteiger partial charge in [0.2, 0.25) is 0 Å². The van der Waals surface area contributed by atoms with Crippen molar-refractivity contribution in [1.29, 1.82) is 0 Å². The minimum absolute atomic E-state index is 0. The molecule has 2 aromatic heterocycles. The van der Waals surface area contributed by atoms with Crippen molar-refractivity contribution in [3.63, 3.8) is 0 Å². The van der Waals surface area contributed by atoms with Crippen molar-refractivity contribution in [3.8, 4) is 0 Å². The number of para-hydroxylation sites is 4. The molecule has 10 nitrogen and oxygen atoms in total. The van der Waals surface area contributed by atoms with E-state index in [1.54, 1.807) is 24.8 Å². The second-order valence-corrected chi connectivity index (χ2v) is 35.3. The van der Waals surface area contributed by atoms with Gasteiger partial charge in [-0.3, -0.25) is 19.6 Å². The number of rotatable bonds is 14. The largest absolute Gasteiger partial charge is 3.00 e. The Balaban J connectivity index is 0.000000134. The van der Waals surface area contributed by atoms with Gasteiger partial charge in [0, 0.05) is 103 Å². The topological polar surface area (TPSA) is 98.7 Å². The maximum Gasteiger partial charge on any atom is 3.00 e. The minimum Gasteiger partial charge on any atom is -0.351 e. The fourth-order valence-electron chi connectivity index (χ4n) is 21.8. The summed E-state index contributed by atoms with van der Waals surface area (Å²) < 4.78 is 0. The molecule has 0 aliphatic carbocycles. The third kappa shape index (κ3) is 13.2. The molecule has 0 spiro atoms. The summed E-state index contributed by atoms with van der Waals surface area (Å²) in [6, 6.07) is 154. The number of ketones is 2. The molecule has 0 radical (unpaired) electrons. The first kappa shape index (κ1) is 80.8. The van der Waals surface area contributed by atoms with E-state index in [4.69, 9.17) is 19.9 Å². The van der Waals surface area contributed by atoms with Gasteiger partial charge in [-0.15, -0.1) is 47.2 Å². The number of hydrogen-bond acceptors (Lipinski definition) is 10. The van der Waals surface area contributed by atoms with E-state index in [1.165, 1.54) is 143 Å². The van der Waals surface area contributed by atoms with Crippen molar-refractivity contribution in [2.45, 2.75) is 20.3 Å². The van der Waals surface area contributed by atoms with Gasteiger partial charge in [-0.1, -0.05) is 290 Å². The average molecular weight is 1920 g/mol. The summed E-state index contributed by atoms with van der Waals surface area (Å²) in [5, 5.41) is 38.2. The molecule has 0 amide bonds. The SMILES string of the molecule is CC(=O)CC(C)=O.[Ir+3].[c-]1cc(N(c2ccccc2)c2cc3cccc4ccc5cccc2c5c43)cc2c1c1nccnc1c1ccc(N(c3ccccc3)c3cc4cccc5ccc6cccc3c6c54)cc21.[c-]1cc(N(c2ccccc2)c2cc3cccc4ccc5cccc2c5c43)cc2c1c1nccnc1c1ccc(N(c3ccccc3)c3cc4cccc5ccc6cccc3c6c54)cc21. The number of nitrogens with zero attached hydrogens (tertiary/aromatic N) is 8. The smallest absolute Gasteiger partial charge is 0.351 e. The Hall–Kier alpha value is -17.2. The van der Waals surface area contributed by atoms with Crippen molar-refractivity contribution in [2.75, 3.05) is 19.6 Å². The summed E-state index contributed by atoms with van der Waals surface area (Å²) in [5.41, 5.74) is 16.3. The van der Waals surface area contributed by atoms with Crippen LogP contribution in [0.3, 0.4) is 0 Å². The van der Waals surface area contributed by atoms with Crippen LogP contribution in [0.4, 0.5) is 68.2 Å². The van der Waals surface area contributed by atoms with Gasteiger partial charge in [0.25, 0.3) is 0 Å². The quantitative estimate of drug-likeness (QED) is 0.0595. The molecule has 0 unspecified atom stereocenters. The van der Waals surface area contributed by atoms with Crippen LogP contribution in [0.2, 0.25) is 0 Å². The van der Waals surface area contributed by atoms with Crippen LogP contribution in [0, 0.1) is 12.1 Å². The molecule has 28 rings (SSSR count). The Labute approximate surface area is 795 Å². The van der Waals surface area contributed by atoms with E-state index in [2.05, 4.69) is 432 Å². The normalized spacial score (nSPS) is 11.8. The zero-order valence-corrected chi connectivity index (χ0v) is 76.2. The molecule has 136 heavy (non-hydrogen) atoms. The van der Waals surface area contributed by atoms with Crippen LogP contribution in [0.15, 0.2) is 425 Å². The van der Waals surface area contributed by atoms with E-state index in [9.17, 15) is 9.59 Å². The van der Waals surface area contributed by atoms with Crippen molar-refractivity contribution in [2.24, 2.45) is 0 Å². The van der Waals surface area contributed by atoms with Crippen LogP contribution >= 0.6 is 0 Å². The van der Waals surface area contributed by atoms with Crippen molar-refractivity contribution >= 4 is 274 Å². The summed E-state index contributed by atoms with van der Waals surface area (Å²) in [5.74, 6) is -0.125. The summed E-state index contributed by atoms with van der Waals surface area (Å²) in [4.78, 5) is 49.6. The second kappa shape index (κ2) is 32.7. The molecule has 0 saturated carbocycles. The molecule has 0 atom stereocenters. The number of Topliss-reactive ketones (excluding diaryl/α,β-unsaturated/α-hetero) is 2. The number of aromatic nitrogens is 4. The molecule has 0 N–H and O–H groups in total. The van der Waals surface area contributed by atoms with Gasteiger partial charge in [-0.05, 0) is 252 Å². The minimum atomic E-state index is -0.0625. The Morgan fingerprint density at radius 2 is 0.456 bits per heavy atom. The number of carbonyl (C=O) groups is 2. The predicted molar refractivity (Wildman–Crippen MR) is 566 cm³/mol.